The van der Waals surface area contributed by atoms with Crippen LogP contribution in [0.2, 0.25) is 0 Å². The number of fused-ring (bicyclic) bond motifs is 1. The highest BCUT2D eigenvalue weighted by molar-refractivity contribution is 7.08. The van der Waals surface area contributed by atoms with Crippen molar-refractivity contribution in [3.05, 3.63) is 197 Å². The minimum absolute atomic E-state index is 0.259. The van der Waals surface area contributed by atoms with Crippen molar-refractivity contribution < 1.29 is 8.83 Å². The number of nitrogens with one attached hydrogen (secondary N) is 11. The molecule has 12 unspecified atom stereocenters. The summed E-state index contributed by atoms with van der Waals surface area (Å²) < 4.78 is 10.1. The van der Waals surface area contributed by atoms with Gasteiger partial charge in [0.1, 0.15) is 11.8 Å². The number of pyridine rings is 3. The van der Waals surface area contributed by atoms with E-state index >= 15 is 0 Å². The lowest BCUT2D eigenvalue weighted by atomic mass is 9.88. The highest BCUT2D eigenvalue weighted by atomic mass is 32.1. The fourth-order valence-corrected chi connectivity index (χ4v) is 12.7. The molecule has 1 saturated carbocycles. The Kier molecular flexibility index (Phi) is 34.1. The molecule has 568 valence electrons. The molecule has 11 aliphatic heterocycles. The van der Waals surface area contributed by atoms with Crippen molar-refractivity contribution in [2.75, 3.05) is 13.1 Å². The van der Waals surface area contributed by atoms with Crippen molar-refractivity contribution in [3.8, 4) is 0 Å². The molecule has 0 amide bonds. The molecule has 27 nitrogen and oxygen atoms in total. The van der Waals surface area contributed by atoms with Gasteiger partial charge in [-0.05, 0) is 134 Å². The van der Waals surface area contributed by atoms with E-state index < -0.39 is 0 Å². The monoisotopic (exact) mass is 1470 g/mol. The summed E-state index contributed by atoms with van der Waals surface area (Å²) in [6, 6.07) is 35.8. The van der Waals surface area contributed by atoms with Crippen molar-refractivity contribution in [3.63, 3.8) is 0 Å². The fraction of sp³-hybridized carbons (Fsp3) is 0.443. The average molecular weight is 1470 g/mol. The van der Waals surface area contributed by atoms with Gasteiger partial charge < -0.3 is 63.1 Å². The molecule has 1 aliphatic carbocycles. The van der Waals surface area contributed by atoms with E-state index in [2.05, 4.69) is 226 Å². The molecule has 107 heavy (non-hydrogen) atoms. The highest BCUT2D eigenvalue weighted by Gasteiger charge is 2.26. The summed E-state index contributed by atoms with van der Waals surface area (Å²) in [5, 5.41) is 47.9. The van der Waals surface area contributed by atoms with Crippen LogP contribution in [0, 0.1) is 23.2 Å². The van der Waals surface area contributed by atoms with E-state index in [1.807, 2.05) is 123 Å². The highest BCUT2D eigenvalue weighted by Crippen LogP contribution is 2.26. The first-order chi connectivity index (χ1) is 52.5. The lowest BCUT2D eigenvalue weighted by Crippen LogP contribution is -2.24. The first-order valence-electron chi connectivity index (χ1n) is 37.4. The Morgan fingerprint density at radius 3 is 1.54 bits per heavy atom. The largest absolute Gasteiger partial charge is 0.472 e. The van der Waals surface area contributed by atoms with E-state index in [-0.39, 0.29) is 12.1 Å². The first-order valence-corrected chi connectivity index (χ1v) is 38.4. The summed E-state index contributed by atoms with van der Waals surface area (Å²) in [4.78, 5) is 12.2. The lowest BCUT2D eigenvalue weighted by Gasteiger charge is -2.16. The summed E-state index contributed by atoms with van der Waals surface area (Å²) in [6.07, 6.45) is 45.8. The molecular weight excluding hydrogens is 1360 g/mol. The maximum absolute atomic E-state index is 5.17. The molecule has 17 heterocycles. The third kappa shape index (κ3) is 27.5. The number of thiophene rings is 1. The van der Waals surface area contributed by atoms with Crippen molar-refractivity contribution in [2.45, 2.75) is 186 Å². The van der Waals surface area contributed by atoms with Crippen molar-refractivity contribution >= 4 is 78.7 Å². The molecule has 1 aromatic carbocycles. The summed E-state index contributed by atoms with van der Waals surface area (Å²) in [7, 11) is 0. The van der Waals surface area contributed by atoms with Crippen LogP contribution in [-0.4, -0.2) is 107 Å². The number of furan rings is 2. The number of hydrazone groups is 11. The van der Waals surface area contributed by atoms with Crippen LogP contribution in [0.4, 0.5) is 0 Å². The van der Waals surface area contributed by atoms with Gasteiger partial charge in [-0.3, -0.25) is 20.4 Å². The summed E-state index contributed by atoms with van der Waals surface area (Å²) in [6.45, 7) is 17.2. The number of aromatic nitrogens is 3. The SMILES string of the molecule is C1=NNC(c2ccccc2)C1.C1=NNC(c2ccccn2)C1.C1=NNC(c2cccnc2)C1.C1=NNC(c2ccco2)C1.C1=NNC(c2ccncc2)C1.C1=NNC(c2ccoc2)C1.C1=NNC(c2ccsc2)C1.C1CCC2CNN=C2C1.CC1=NNCC1(C)C.CCC1C=NNC1C.CCC1NN=CC1C. The van der Waals surface area contributed by atoms with Crippen molar-refractivity contribution in [1.82, 2.24) is 74.6 Å². The quantitative estimate of drug-likeness (QED) is 0.0640. The van der Waals surface area contributed by atoms with Gasteiger partial charge in [-0.25, -0.2) is 0 Å². The fourth-order valence-electron chi connectivity index (χ4n) is 12.0. The summed E-state index contributed by atoms with van der Waals surface area (Å²) in [5.41, 5.74) is 43.3. The van der Waals surface area contributed by atoms with Gasteiger partial charge in [0.2, 0.25) is 0 Å². The molecule has 7 aromatic rings. The molecule has 6 aromatic heterocycles. The summed E-state index contributed by atoms with van der Waals surface area (Å²) in [5.74, 6) is 3.05. The molecule has 0 saturated heterocycles. The van der Waals surface area contributed by atoms with Gasteiger partial charge in [0.15, 0.2) is 0 Å². The van der Waals surface area contributed by atoms with Crippen LogP contribution in [-0.2, 0) is 0 Å². The predicted octanol–water partition coefficient (Wildman–Crippen LogP) is 13.5. The zero-order valence-corrected chi connectivity index (χ0v) is 63.5. The molecule has 28 heteroatoms. The molecule has 0 radical (unpaired) electrons. The van der Waals surface area contributed by atoms with E-state index in [0.717, 1.165) is 81.0 Å². The third-order valence-electron chi connectivity index (χ3n) is 19.2. The van der Waals surface area contributed by atoms with E-state index in [1.54, 1.807) is 54.9 Å². The van der Waals surface area contributed by atoms with E-state index in [4.69, 9.17) is 8.83 Å². The van der Waals surface area contributed by atoms with Gasteiger partial charge in [0.05, 0.1) is 66.8 Å². The molecule has 12 atom stereocenters. The topological polar surface area (TPSA) is 333 Å². The second-order valence-electron chi connectivity index (χ2n) is 27.3. The minimum atomic E-state index is 0.259. The second kappa shape index (κ2) is 45.5. The predicted molar refractivity (Wildman–Crippen MR) is 436 cm³/mol. The number of benzene rings is 1. The zero-order valence-electron chi connectivity index (χ0n) is 62.7. The molecule has 19 rings (SSSR count). The standard InChI is InChI=1S/C9H10N2.3C8H9N3.2C7H8N2O.C7H8N2S.C7H12N2.3C6H12N2/c1-2-4-8(5-3-1)9-6-7-10-11-9;1-4-9-5-2-7(1)8-3-6-10-11-8;1-2-7(6-9-4-1)8-3-5-10-11-8;1-2-5-9-7(3-1)8-4-6-10-11-8;1-3-8-9-7(1)6-2-4-10-5-6;1-2-7(10-5-1)6-3-4-8-9-6;1-3-8-9-7(1)6-2-4-10-5-6;1-2-4-7-6(3-1)5-8-9-7;1-5-6(2,3)4-7-8-5;1-3-6-4-7-8-5(6)2;1-3-6-5(2)4-7-8-6/h1-5,7,9,11H,6H2;2*1-2,4-6,8,11H,3H2;1-3,5-6,8,11H,4H2;2-5,7,9H,1H2;1-2,4-6,9H,3H2;2-5,7,9H,1H2;6,8H,1-5H2;7H,4H2,1-3H3;2*4-6,8H,3H2,1-2H3. The van der Waals surface area contributed by atoms with Gasteiger partial charge in [-0.1, -0.05) is 83.5 Å². The van der Waals surface area contributed by atoms with Crippen LogP contribution in [0.3, 0.4) is 0 Å². The molecule has 0 bridgehead atoms. The van der Waals surface area contributed by atoms with Crippen molar-refractivity contribution in [2.24, 2.45) is 79.3 Å². The molecule has 1 fully saturated rings. The molecule has 0 spiro atoms. The van der Waals surface area contributed by atoms with Gasteiger partial charge >= 0.3 is 0 Å². The first kappa shape index (κ1) is 80.2. The van der Waals surface area contributed by atoms with Gasteiger partial charge in [0, 0.05) is 191 Å². The Balaban J connectivity index is 0.000000136. The van der Waals surface area contributed by atoms with Crippen LogP contribution < -0.4 is 59.7 Å². The molecule has 12 aliphatic rings. The normalized spacial score (nSPS) is 25.2. The Morgan fingerprint density at radius 2 is 1.09 bits per heavy atom. The Hall–Kier alpha value is -10.9. The summed E-state index contributed by atoms with van der Waals surface area (Å²) >= 11 is 1.73. The van der Waals surface area contributed by atoms with Crippen molar-refractivity contribution in [1.29, 1.82) is 0 Å². The average Bonchev–Trinajstić information content (AvgIpc) is 1.68. The van der Waals surface area contributed by atoms with Crippen LogP contribution in [0.15, 0.2) is 223 Å². The zero-order chi connectivity index (χ0) is 74.8. The third-order valence-corrected chi connectivity index (χ3v) is 19.9. The Bertz CT molecular complexity index is 3480. The van der Waals surface area contributed by atoms with Crippen LogP contribution >= 0.6 is 11.3 Å². The van der Waals surface area contributed by atoms with Gasteiger partial charge in [-0.2, -0.15) is 67.5 Å². The number of hydrogen-bond acceptors (Lipinski definition) is 28. The Labute approximate surface area is 634 Å². The second-order valence-corrected chi connectivity index (χ2v) is 28.1. The molecular formula is C79H109N25O2S. The minimum Gasteiger partial charge on any atom is -0.472 e. The van der Waals surface area contributed by atoms with E-state index in [1.165, 1.54) is 72.2 Å². The maximum Gasteiger partial charge on any atom is 0.127 e. The van der Waals surface area contributed by atoms with Crippen LogP contribution in [0.25, 0.3) is 0 Å². The number of rotatable bonds is 9. The maximum atomic E-state index is 5.17. The van der Waals surface area contributed by atoms with E-state index in [0.29, 0.717) is 59.5 Å². The number of nitrogens with zero attached hydrogens (tertiary/aromatic N) is 14. The number of hydrogen-bond donors (Lipinski definition) is 11. The van der Waals surface area contributed by atoms with Gasteiger partial charge in [-0.15, -0.1) is 0 Å². The smallest absolute Gasteiger partial charge is 0.127 e. The lowest BCUT2D eigenvalue weighted by molar-refractivity contribution is 0.440. The van der Waals surface area contributed by atoms with E-state index in [9.17, 15) is 0 Å². The van der Waals surface area contributed by atoms with Crippen LogP contribution in [0.5, 0.6) is 0 Å². The molecule has 11 N–H and O–H groups in total. The Morgan fingerprint density at radius 1 is 0.495 bits per heavy atom. The van der Waals surface area contributed by atoms with Gasteiger partial charge in [0.25, 0.3) is 0 Å². The van der Waals surface area contributed by atoms with Crippen LogP contribution in [0.1, 0.15) is 214 Å².